The minimum absolute atomic E-state index is 0.0605. The van der Waals surface area contributed by atoms with Gasteiger partial charge in [0.05, 0.1) is 13.0 Å². The Morgan fingerprint density at radius 2 is 1.85 bits per heavy atom. The number of nitrogens with one attached hydrogen (secondary N) is 1. The Bertz CT molecular complexity index is 814. The molecule has 3 aliphatic heterocycles. The Labute approximate surface area is 203 Å². The first-order chi connectivity index (χ1) is 16.6. The number of aromatic nitrogens is 2. The van der Waals surface area contributed by atoms with Gasteiger partial charge in [0.1, 0.15) is 5.82 Å². The number of nitrogens with zero attached hydrogens (tertiary/aromatic N) is 5. The summed E-state index contributed by atoms with van der Waals surface area (Å²) in [5.41, 5.74) is 0. The number of carbonyl (C=O) groups is 2. The van der Waals surface area contributed by atoms with Crippen molar-refractivity contribution in [2.24, 2.45) is 0 Å². The van der Waals surface area contributed by atoms with Gasteiger partial charge >= 0.3 is 5.97 Å². The van der Waals surface area contributed by atoms with Crippen molar-refractivity contribution in [3.63, 3.8) is 0 Å². The molecular weight excluding hydrogens is 432 g/mol. The van der Waals surface area contributed by atoms with Crippen molar-refractivity contribution in [2.75, 3.05) is 56.1 Å². The SMILES string of the molecule is CCOC(=O)CCC(=O)N1CCCC(N2CCC(Nc3nccc(N4CCCCCC4)n3)C2)C1. The Kier molecular flexibility index (Phi) is 8.96. The molecule has 9 heteroatoms. The molecule has 4 rings (SSSR count). The number of ether oxygens (including phenoxy) is 1. The third kappa shape index (κ3) is 6.81. The Balaban J connectivity index is 1.26. The van der Waals surface area contributed by atoms with Gasteiger partial charge in [-0.2, -0.15) is 4.98 Å². The van der Waals surface area contributed by atoms with E-state index >= 15 is 0 Å². The number of piperidine rings is 1. The maximum atomic E-state index is 12.6. The van der Waals surface area contributed by atoms with Crippen molar-refractivity contribution in [1.82, 2.24) is 19.8 Å². The second kappa shape index (κ2) is 12.3. The van der Waals surface area contributed by atoms with Crippen molar-refractivity contribution in [3.05, 3.63) is 12.3 Å². The van der Waals surface area contributed by atoms with Crippen LogP contribution in [-0.4, -0.2) is 89.6 Å². The molecule has 1 amide bonds. The number of likely N-dealkylation sites (tertiary alicyclic amines) is 2. The number of hydrogen-bond donors (Lipinski definition) is 1. The Morgan fingerprint density at radius 3 is 2.65 bits per heavy atom. The van der Waals surface area contributed by atoms with E-state index < -0.39 is 0 Å². The molecule has 0 aromatic carbocycles. The monoisotopic (exact) mass is 472 g/mol. The van der Waals surface area contributed by atoms with Crippen LogP contribution in [0.1, 0.15) is 64.7 Å². The highest BCUT2D eigenvalue weighted by molar-refractivity contribution is 5.81. The fourth-order valence-corrected chi connectivity index (χ4v) is 5.39. The predicted molar refractivity (Wildman–Crippen MR) is 132 cm³/mol. The molecule has 0 spiro atoms. The van der Waals surface area contributed by atoms with Crippen LogP contribution in [-0.2, 0) is 14.3 Å². The summed E-state index contributed by atoms with van der Waals surface area (Å²) in [5.74, 6) is 1.51. The van der Waals surface area contributed by atoms with Crippen LogP contribution in [0.15, 0.2) is 12.3 Å². The van der Waals surface area contributed by atoms with E-state index in [9.17, 15) is 9.59 Å². The van der Waals surface area contributed by atoms with Gasteiger partial charge in [-0.3, -0.25) is 14.5 Å². The van der Waals surface area contributed by atoms with Crippen molar-refractivity contribution < 1.29 is 14.3 Å². The summed E-state index contributed by atoms with van der Waals surface area (Å²) in [6.45, 7) is 7.77. The van der Waals surface area contributed by atoms with E-state index in [0.717, 1.165) is 64.3 Å². The Hall–Kier alpha value is -2.42. The Morgan fingerprint density at radius 1 is 1.03 bits per heavy atom. The van der Waals surface area contributed by atoms with Crippen LogP contribution in [0.2, 0.25) is 0 Å². The molecule has 1 aromatic rings. The van der Waals surface area contributed by atoms with Crippen LogP contribution in [0.3, 0.4) is 0 Å². The van der Waals surface area contributed by atoms with Gasteiger partial charge in [-0.1, -0.05) is 12.8 Å². The third-order valence-corrected chi connectivity index (χ3v) is 7.24. The van der Waals surface area contributed by atoms with E-state index in [1.165, 1.54) is 25.7 Å². The standard InChI is InChI=1S/C25H40N6O3/c1-2-34-24(33)10-9-23(32)31-16-7-8-21(19-31)30-17-12-20(18-30)27-25-26-13-11-22(28-25)29-14-5-3-4-6-15-29/h11,13,20-21H,2-10,12,14-19H2,1H3,(H,26,27,28). The summed E-state index contributed by atoms with van der Waals surface area (Å²) in [6, 6.07) is 2.71. The average Bonchev–Trinajstić information content (AvgIpc) is 3.15. The number of amides is 1. The van der Waals surface area contributed by atoms with E-state index in [-0.39, 0.29) is 24.7 Å². The van der Waals surface area contributed by atoms with E-state index in [1.54, 1.807) is 6.92 Å². The van der Waals surface area contributed by atoms with Crippen LogP contribution in [0, 0.1) is 0 Å². The van der Waals surface area contributed by atoms with Gasteiger partial charge in [0.15, 0.2) is 0 Å². The minimum atomic E-state index is -0.292. The van der Waals surface area contributed by atoms with Crippen LogP contribution in [0.25, 0.3) is 0 Å². The molecule has 2 atom stereocenters. The number of rotatable bonds is 8. The molecule has 1 aromatic heterocycles. The van der Waals surface area contributed by atoms with E-state index in [0.29, 0.717) is 24.6 Å². The predicted octanol–water partition coefficient (Wildman–Crippen LogP) is 2.68. The molecule has 0 saturated carbocycles. The molecule has 3 saturated heterocycles. The topological polar surface area (TPSA) is 90.9 Å². The lowest BCUT2D eigenvalue weighted by atomic mass is 10.0. The first-order valence-corrected chi connectivity index (χ1v) is 13.1. The maximum Gasteiger partial charge on any atom is 0.306 e. The molecule has 0 aliphatic carbocycles. The van der Waals surface area contributed by atoms with E-state index in [1.807, 2.05) is 17.2 Å². The molecular formula is C25H40N6O3. The number of carbonyl (C=O) groups excluding carboxylic acids is 2. The van der Waals surface area contributed by atoms with Crippen LogP contribution >= 0.6 is 0 Å². The third-order valence-electron chi connectivity index (χ3n) is 7.24. The molecule has 3 aliphatic rings. The smallest absolute Gasteiger partial charge is 0.306 e. The molecule has 2 unspecified atom stereocenters. The fraction of sp³-hybridized carbons (Fsp3) is 0.760. The zero-order valence-electron chi connectivity index (χ0n) is 20.6. The normalized spacial score (nSPS) is 24.0. The van der Waals surface area contributed by atoms with Crippen LogP contribution in [0.5, 0.6) is 0 Å². The second-order valence-electron chi connectivity index (χ2n) is 9.71. The highest BCUT2D eigenvalue weighted by atomic mass is 16.5. The van der Waals surface area contributed by atoms with Gasteiger partial charge in [-0.25, -0.2) is 4.98 Å². The summed E-state index contributed by atoms with van der Waals surface area (Å²) in [5, 5.41) is 3.56. The van der Waals surface area contributed by atoms with Crippen LogP contribution in [0.4, 0.5) is 11.8 Å². The molecule has 1 N–H and O–H groups in total. The quantitative estimate of drug-likeness (QED) is 0.578. The van der Waals surface area contributed by atoms with Crippen molar-refractivity contribution in [2.45, 2.75) is 76.8 Å². The van der Waals surface area contributed by atoms with Crippen molar-refractivity contribution in [1.29, 1.82) is 0 Å². The molecule has 0 radical (unpaired) electrons. The number of esters is 1. The summed E-state index contributed by atoms with van der Waals surface area (Å²) in [6.07, 6.45) is 10.5. The first kappa shape index (κ1) is 24.7. The average molecular weight is 473 g/mol. The van der Waals surface area contributed by atoms with Crippen LogP contribution < -0.4 is 10.2 Å². The molecule has 3 fully saturated rings. The maximum absolute atomic E-state index is 12.6. The first-order valence-electron chi connectivity index (χ1n) is 13.1. The van der Waals surface area contributed by atoms with Gasteiger partial charge in [0.25, 0.3) is 0 Å². The largest absolute Gasteiger partial charge is 0.466 e. The van der Waals surface area contributed by atoms with Crippen molar-refractivity contribution in [3.8, 4) is 0 Å². The summed E-state index contributed by atoms with van der Waals surface area (Å²) in [4.78, 5) is 40.3. The summed E-state index contributed by atoms with van der Waals surface area (Å²) < 4.78 is 4.95. The van der Waals surface area contributed by atoms with E-state index in [4.69, 9.17) is 9.72 Å². The number of anilines is 2. The second-order valence-corrected chi connectivity index (χ2v) is 9.71. The zero-order valence-corrected chi connectivity index (χ0v) is 20.6. The van der Waals surface area contributed by atoms with E-state index in [2.05, 4.69) is 20.1 Å². The zero-order chi connectivity index (χ0) is 23.8. The summed E-state index contributed by atoms with van der Waals surface area (Å²) >= 11 is 0. The molecule has 9 nitrogen and oxygen atoms in total. The highest BCUT2D eigenvalue weighted by Gasteiger charge is 2.33. The van der Waals surface area contributed by atoms with Gasteiger partial charge in [-0.15, -0.1) is 0 Å². The van der Waals surface area contributed by atoms with Gasteiger partial charge in [0.2, 0.25) is 11.9 Å². The van der Waals surface area contributed by atoms with Gasteiger partial charge in [0, 0.05) is 64.0 Å². The fourth-order valence-electron chi connectivity index (χ4n) is 5.39. The molecule has 0 bridgehead atoms. The lowest BCUT2D eigenvalue weighted by Gasteiger charge is -2.37. The lowest BCUT2D eigenvalue weighted by molar-refractivity contribution is -0.146. The summed E-state index contributed by atoms with van der Waals surface area (Å²) in [7, 11) is 0. The lowest BCUT2D eigenvalue weighted by Crippen LogP contribution is -2.49. The highest BCUT2D eigenvalue weighted by Crippen LogP contribution is 2.24. The van der Waals surface area contributed by atoms with Crippen molar-refractivity contribution >= 4 is 23.6 Å². The molecule has 4 heterocycles. The minimum Gasteiger partial charge on any atom is -0.466 e. The number of hydrogen-bond acceptors (Lipinski definition) is 8. The van der Waals surface area contributed by atoms with Gasteiger partial charge in [-0.05, 0) is 45.1 Å². The van der Waals surface area contributed by atoms with Gasteiger partial charge < -0.3 is 19.9 Å². The molecule has 34 heavy (non-hydrogen) atoms. The molecule has 188 valence electrons.